The first-order valence-corrected chi connectivity index (χ1v) is 9.26. The van der Waals surface area contributed by atoms with E-state index in [1.54, 1.807) is 0 Å². The van der Waals surface area contributed by atoms with Crippen LogP contribution < -0.4 is 0 Å². The molecule has 0 radical (unpaired) electrons. The Balaban J connectivity index is 2.11. The van der Waals surface area contributed by atoms with Crippen molar-refractivity contribution in [3.63, 3.8) is 0 Å². The van der Waals surface area contributed by atoms with Gasteiger partial charge in [0.25, 0.3) is 0 Å². The molecule has 0 amide bonds. The first-order chi connectivity index (χ1) is 12.3. The Bertz CT molecular complexity index is 891. The molecule has 0 saturated heterocycles. The zero-order chi connectivity index (χ0) is 17.1. The molecule has 3 heteroatoms. The van der Waals surface area contributed by atoms with E-state index in [0.29, 0.717) is 0 Å². The maximum Gasteiger partial charge on any atom is 0.0868 e. The Morgan fingerprint density at radius 1 is 0.640 bits per heavy atom. The van der Waals surface area contributed by atoms with Gasteiger partial charge in [0.2, 0.25) is 0 Å². The van der Waals surface area contributed by atoms with E-state index in [1.807, 2.05) is 6.20 Å². The molecule has 0 aliphatic carbocycles. The third-order valence-electron chi connectivity index (χ3n) is 4.60. The molecule has 122 valence electrons. The smallest absolute Gasteiger partial charge is 0.0868 e. The number of nitrogens with zero attached hydrogens (tertiary/aromatic N) is 1. The average Bonchev–Trinajstić information content (AvgIpc) is 3.21. The van der Waals surface area contributed by atoms with Gasteiger partial charge in [0.15, 0.2) is 0 Å². The quantitative estimate of drug-likeness (QED) is 0.337. The molecule has 1 aromatic heterocycles. The van der Waals surface area contributed by atoms with E-state index < -0.39 is 5.41 Å². The van der Waals surface area contributed by atoms with Crippen LogP contribution in [-0.4, -0.2) is 10.2 Å². The van der Waals surface area contributed by atoms with Gasteiger partial charge in [-0.05, 0) is 57.5 Å². The largest absolute Gasteiger partial charge is 0.281 e. The van der Waals surface area contributed by atoms with Crippen molar-refractivity contribution < 1.29 is 0 Å². The third kappa shape index (κ3) is 2.78. The van der Waals surface area contributed by atoms with Crippen molar-refractivity contribution in [2.75, 3.05) is 0 Å². The van der Waals surface area contributed by atoms with Crippen LogP contribution in [0.5, 0.6) is 0 Å². The van der Waals surface area contributed by atoms with Gasteiger partial charge in [-0.15, -0.1) is 0 Å². The fourth-order valence-electron chi connectivity index (χ4n) is 3.51. The zero-order valence-electron chi connectivity index (χ0n) is 13.6. The highest BCUT2D eigenvalue weighted by Gasteiger charge is 2.39. The maximum atomic E-state index is 4.26. The molecule has 0 unspecified atom stereocenters. The Labute approximate surface area is 161 Å². The van der Waals surface area contributed by atoms with Gasteiger partial charge in [0.05, 0.1) is 11.1 Å². The van der Waals surface area contributed by atoms with Crippen molar-refractivity contribution in [2.45, 2.75) is 5.41 Å². The van der Waals surface area contributed by atoms with E-state index in [1.165, 1.54) is 20.3 Å². The third-order valence-corrected chi connectivity index (χ3v) is 5.31. The highest BCUT2D eigenvalue weighted by Crippen LogP contribution is 2.44. The van der Waals surface area contributed by atoms with E-state index in [-0.39, 0.29) is 0 Å². The van der Waals surface area contributed by atoms with Crippen LogP contribution in [0.2, 0.25) is 0 Å². The fraction of sp³-hybridized carbons (Fsp3) is 0.0455. The SMILES string of the molecule is Ic1ccc(C(c2ccccc2)(c2ccccc2)c2ccn[nH]2)cc1. The van der Waals surface area contributed by atoms with Crippen molar-refractivity contribution in [2.24, 2.45) is 0 Å². The predicted octanol–water partition coefficient (Wildman–Crippen LogP) is 5.40. The average molecular weight is 436 g/mol. The van der Waals surface area contributed by atoms with Crippen LogP contribution >= 0.6 is 22.6 Å². The predicted molar refractivity (Wildman–Crippen MR) is 110 cm³/mol. The number of nitrogens with one attached hydrogen (secondary N) is 1. The van der Waals surface area contributed by atoms with E-state index in [9.17, 15) is 0 Å². The van der Waals surface area contributed by atoms with E-state index in [0.717, 1.165) is 5.69 Å². The molecule has 0 aliphatic rings. The second-order valence-electron chi connectivity index (χ2n) is 5.96. The number of rotatable bonds is 4. The van der Waals surface area contributed by atoms with Crippen LogP contribution in [0.1, 0.15) is 22.4 Å². The molecule has 0 atom stereocenters. The number of H-pyrrole nitrogens is 1. The Kier molecular flexibility index (Phi) is 4.40. The highest BCUT2D eigenvalue weighted by atomic mass is 127. The topological polar surface area (TPSA) is 28.7 Å². The summed E-state index contributed by atoms with van der Waals surface area (Å²) in [5, 5.41) is 7.49. The molecule has 0 fully saturated rings. The molecular formula is C22H17IN2. The zero-order valence-corrected chi connectivity index (χ0v) is 15.7. The van der Waals surface area contributed by atoms with Gasteiger partial charge in [-0.1, -0.05) is 72.8 Å². The van der Waals surface area contributed by atoms with Gasteiger partial charge < -0.3 is 0 Å². The molecule has 25 heavy (non-hydrogen) atoms. The molecule has 2 nitrogen and oxygen atoms in total. The summed E-state index contributed by atoms with van der Waals surface area (Å²) in [6.45, 7) is 0. The Hall–Kier alpha value is -2.40. The maximum absolute atomic E-state index is 4.26. The van der Waals surface area contributed by atoms with Crippen LogP contribution in [0, 0.1) is 3.57 Å². The lowest BCUT2D eigenvalue weighted by Crippen LogP contribution is -2.31. The summed E-state index contributed by atoms with van der Waals surface area (Å²) in [5.41, 5.74) is 4.28. The molecule has 4 rings (SSSR count). The number of aromatic amines is 1. The van der Waals surface area contributed by atoms with Gasteiger partial charge in [-0.2, -0.15) is 5.10 Å². The minimum absolute atomic E-state index is 0.427. The Morgan fingerprint density at radius 2 is 1.16 bits per heavy atom. The summed E-state index contributed by atoms with van der Waals surface area (Å²) in [6.07, 6.45) is 1.82. The summed E-state index contributed by atoms with van der Waals surface area (Å²) in [5.74, 6) is 0. The minimum atomic E-state index is -0.427. The molecule has 4 aromatic rings. The second-order valence-corrected chi connectivity index (χ2v) is 7.20. The summed E-state index contributed by atoms with van der Waals surface area (Å²) >= 11 is 2.35. The lowest BCUT2D eigenvalue weighted by Gasteiger charge is -2.35. The molecule has 0 saturated carbocycles. The highest BCUT2D eigenvalue weighted by molar-refractivity contribution is 14.1. The molecular weight excluding hydrogens is 419 g/mol. The second kappa shape index (κ2) is 6.84. The van der Waals surface area contributed by atoms with Gasteiger partial charge in [-0.25, -0.2) is 0 Å². The van der Waals surface area contributed by atoms with Gasteiger partial charge in [-0.3, -0.25) is 5.10 Å². The van der Waals surface area contributed by atoms with Crippen molar-refractivity contribution in [1.29, 1.82) is 0 Å². The number of benzene rings is 3. The van der Waals surface area contributed by atoms with Gasteiger partial charge in [0, 0.05) is 9.77 Å². The molecule has 1 N–H and O–H groups in total. The van der Waals surface area contributed by atoms with Crippen LogP contribution in [0.15, 0.2) is 97.2 Å². The van der Waals surface area contributed by atoms with E-state index in [4.69, 9.17) is 0 Å². The van der Waals surface area contributed by atoms with Crippen molar-refractivity contribution in [3.8, 4) is 0 Å². The van der Waals surface area contributed by atoms with Crippen molar-refractivity contribution >= 4 is 22.6 Å². The van der Waals surface area contributed by atoms with Crippen LogP contribution in [0.25, 0.3) is 0 Å². The monoisotopic (exact) mass is 436 g/mol. The fourth-order valence-corrected chi connectivity index (χ4v) is 3.87. The first kappa shape index (κ1) is 16.1. The lowest BCUT2D eigenvalue weighted by molar-refractivity contribution is 0.708. The van der Waals surface area contributed by atoms with Crippen LogP contribution in [0.3, 0.4) is 0 Å². The number of aromatic nitrogens is 2. The summed E-state index contributed by atoms with van der Waals surface area (Å²) in [7, 11) is 0. The standard InChI is InChI=1S/C22H17IN2/c23-20-13-11-19(12-14-20)22(21-15-16-24-25-21,17-7-3-1-4-8-17)18-9-5-2-6-10-18/h1-16H,(H,24,25). The Morgan fingerprint density at radius 3 is 1.64 bits per heavy atom. The molecule has 3 aromatic carbocycles. The van der Waals surface area contributed by atoms with Crippen LogP contribution in [0.4, 0.5) is 0 Å². The number of hydrogen-bond acceptors (Lipinski definition) is 1. The van der Waals surface area contributed by atoms with Gasteiger partial charge >= 0.3 is 0 Å². The van der Waals surface area contributed by atoms with Crippen LogP contribution in [-0.2, 0) is 5.41 Å². The number of hydrogen-bond donors (Lipinski definition) is 1. The molecule has 0 spiro atoms. The van der Waals surface area contributed by atoms with Gasteiger partial charge in [0.1, 0.15) is 0 Å². The molecule has 0 bridgehead atoms. The molecule has 1 heterocycles. The lowest BCUT2D eigenvalue weighted by atomic mass is 9.67. The summed E-state index contributed by atoms with van der Waals surface area (Å²) in [4.78, 5) is 0. The minimum Gasteiger partial charge on any atom is -0.281 e. The van der Waals surface area contributed by atoms with Crippen molar-refractivity contribution in [3.05, 3.63) is 123 Å². The first-order valence-electron chi connectivity index (χ1n) is 8.19. The van der Waals surface area contributed by atoms with E-state index in [2.05, 4.69) is 124 Å². The summed E-state index contributed by atoms with van der Waals surface area (Å²) < 4.78 is 1.22. The van der Waals surface area contributed by atoms with E-state index >= 15 is 0 Å². The molecule has 0 aliphatic heterocycles. The normalized spacial score (nSPS) is 11.4. The summed E-state index contributed by atoms with van der Waals surface area (Å²) in [6, 6.07) is 32.0. The number of halogens is 1. The van der Waals surface area contributed by atoms with Crippen molar-refractivity contribution in [1.82, 2.24) is 10.2 Å².